The quantitative estimate of drug-likeness (QED) is 0.482. The lowest BCUT2D eigenvalue weighted by Crippen LogP contribution is -2.05. The molecular formula is C14H10BrClFNOS2. The van der Waals surface area contributed by atoms with Crippen LogP contribution in [-0.4, -0.2) is 17.2 Å². The van der Waals surface area contributed by atoms with E-state index in [0.29, 0.717) is 4.88 Å². The standard InChI is InChI=1S/C14H10BrClFNOS2/c1-7-8(15)6-21-12(7)13(19)18-14(20-2)11-9(16)4-3-5-10(11)17/h3-6H,1-2H3. The van der Waals surface area contributed by atoms with Gasteiger partial charge in [0.25, 0.3) is 5.91 Å². The van der Waals surface area contributed by atoms with Crippen LogP contribution in [0, 0.1) is 12.7 Å². The average molecular weight is 407 g/mol. The number of rotatable bonds is 2. The zero-order valence-electron chi connectivity index (χ0n) is 11.1. The maximum Gasteiger partial charge on any atom is 0.288 e. The van der Waals surface area contributed by atoms with Crippen molar-refractivity contribution in [2.45, 2.75) is 6.92 Å². The van der Waals surface area contributed by atoms with Crippen LogP contribution in [0.15, 0.2) is 33.0 Å². The number of carbonyl (C=O) groups is 1. The van der Waals surface area contributed by atoms with E-state index in [1.54, 1.807) is 12.3 Å². The summed E-state index contributed by atoms with van der Waals surface area (Å²) in [5.41, 5.74) is 0.988. The van der Waals surface area contributed by atoms with Gasteiger partial charge in [-0.05, 0) is 46.8 Å². The predicted molar refractivity (Wildman–Crippen MR) is 92.5 cm³/mol. The molecule has 0 aliphatic heterocycles. The molecule has 2 nitrogen and oxygen atoms in total. The molecule has 0 bridgehead atoms. The topological polar surface area (TPSA) is 29.4 Å². The number of aliphatic imine (C=N–C) groups is 1. The Hall–Kier alpha value is -0.690. The summed E-state index contributed by atoms with van der Waals surface area (Å²) in [5, 5.41) is 2.33. The van der Waals surface area contributed by atoms with Crippen LogP contribution in [0.4, 0.5) is 4.39 Å². The summed E-state index contributed by atoms with van der Waals surface area (Å²) in [6.45, 7) is 1.83. The smallest absolute Gasteiger partial charge is 0.266 e. The number of amides is 1. The van der Waals surface area contributed by atoms with Gasteiger partial charge in [0.15, 0.2) is 0 Å². The van der Waals surface area contributed by atoms with Crippen LogP contribution < -0.4 is 0 Å². The molecule has 7 heteroatoms. The second-order valence-electron chi connectivity index (χ2n) is 4.06. The van der Waals surface area contributed by atoms with Crippen molar-refractivity contribution >= 4 is 61.6 Å². The van der Waals surface area contributed by atoms with E-state index >= 15 is 0 Å². The molecule has 0 saturated carbocycles. The van der Waals surface area contributed by atoms with Crippen LogP contribution in [0.2, 0.25) is 5.02 Å². The fourth-order valence-corrected chi connectivity index (χ4v) is 3.99. The van der Waals surface area contributed by atoms with Gasteiger partial charge in [0.05, 0.1) is 15.5 Å². The first-order valence-corrected chi connectivity index (χ1v) is 9.08. The molecule has 0 atom stereocenters. The van der Waals surface area contributed by atoms with Gasteiger partial charge in [-0.3, -0.25) is 4.79 Å². The van der Waals surface area contributed by atoms with Crippen LogP contribution in [0.1, 0.15) is 20.8 Å². The lowest BCUT2D eigenvalue weighted by molar-refractivity contribution is 0.101. The fraction of sp³-hybridized carbons (Fsp3) is 0.143. The van der Waals surface area contributed by atoms with Gasteiger partial charge in [-0.25, -0.2) is 9.38 Å². The third kappa shape index (κ3) is 3.56. The van der Waals surface area contributed by atoms with Crippen molar-refractivity contribution in [3.63, 3.8) is 0 Å². The highest BCUT2D eigenvalue weighted by Crippen LogP contribution is 2.29. The highest BCUT2D eigenvalue weighted by Gasteiger charge is 2.18. The number of benzene rings is 1. The van der Waals surface area contributed by atoms with Crippen LogP contribution in [0.25, 0.3) is 0 Å². The van der Waals surface area contributed by atoms with Crippen molar-refractivity contribution in [2.24, 2.45) is 4.99 Å². The number of thiophene rings is 1. The second kappa shape index (κ2) is 7.05. The van der Waals surface area contributed by atoms with Crippen molar-refractivity contribution in [3.05, 3.63) is 54.9 Å². The van der Waals surface area contributed by atoms with Crippen LogP contribution >= 0.6 is 50.6 Å². The van der Waals surface area contributed by atoms with Crippen LogP contribution in [0.3, 0.4) is 0 Å². The number of hydrogen-bond donors (Lipinski definition) is 0. The molecule has 2 aromatic rings. The van der Waals surface area contributed by atoms with Gasteiger partial charge in [0.1, 0.15) is 10.9 Å². The Morgan fingerprint density at radius 2 is 2.19 bits per heavy atom. The lowest BCUT2D eigenvalue weighted by Gasteiger charge is -2.06. The second-order valence-corrected chi connectivity index (χ2v) is 7.00. The first-order valence-electron chi connectivity index (χ1n) is 5.80. The van der Waals surface area contributed by atoms with Gasteiger partial charge >= 0.3 is 0 Å². The highest BCUT2D eigenvalue weighted by molar-refractivity contribution is 9.10. The predicted octanol–water partition coefficient (Wildman–Crippen LogP) is 5.56. The number of hydrogen-bond acceptors (Lipinski definition) is 3. The Morgan fingerprint density at radius 3 is 2.71 bits per heavy atom. The average Bonchev–Trinajstić information content (AvgIpc) is 2.77. The molecule has 0 aliphatic rings. The van der Waals surface area contributed by atoms with E-state index in [2.05, 4.69) is 20.9 Å². The maximum absolute atomic E-state index is 13.9. The summed E-state index contributed by atoms with van der Waals surface area (Å²) in [6.07, 6.45) is 1.73. The molecular weight excluding hydrogens is 397 g/mol. The van der Waals surface area contributed by atoms with Gasteiger partial charge < -0.3 is 0 Å². The van der Waals surface area contributed by atoms with E-state index in [1.807, 2.05) is 12.3 Å². The molecule has 0 aliphatic carbocycles. The lowest BCUT2D eigenvalue weighted by atomic mass is 10.2. The number of nitrogens with zero attached hydrogens (tertiary/aromatic N) is 1. The first-order chi connectivity index (χ1) is 9.95. The molecule has 110 valence electrons. The Morgan fingerprint density at radius 1 is 1.48 bits per heavy atom. The van der Waals surface area contributed by atoms with Crippen LogP contribution in [-0.2, 0) is 0 Å². The molecule has 1 heterocycles. The van der Waals surface area contributed by atoms with Crippen molar-refractivity contribution in [1.82, 2.24) is 0 Å². The van der Waals surface area contributed by atoms with Crippen molar-refractivity contribution in [1.29, 1.82) is 0 Å². The maximum atomic E-state index is 13.9. The molecule has 0 fully saturated rings. The summed E-state index contributed by atoms with van der Waals surface area (Å²) in [5.74, 6) is -0.889. The summed E-state index contributed by atoms with van der Waals surface area (Å²) in [6, 6.07) is 4.38. The molecule has 2 rings (SSSR count). The SMILES string of the molecule is CSC(=NC(=O)c1scc(Br)c1C)c1c(F)cccc1Cl. The van der Waals surface area contributed by atoms with E-state index in [-0.39, 0.29) is 15.6 Å². The summed E-state index contributed by atoms with van der Waals surface area (Å²) in [7, 11) is 0. The van der Waals surface area contributed by atoms with E-state index in [9.17, 15) is 9.18 Å². The number of carbonyl (C=O) groups excluding carboxylic acids is 1. The molecule has 1 amide bonds. The van der Waals surface area contributed by atoms with Crippen molar-refractivity contribution in [3.8, 4) is 0 Å². The van der Waals surface area contributed by atoms with E-state index in [0.717, 1.165) is 10.0 Å². The zero-order chi connectivity index (χ0) is 15.6. The molecule has 0 spiro atoms. The monoisotopic (exact) mass is 405 g/mol. The van der Waals surface area contributed by atoms with Gasteiger partial charge in [-0.15, -0.1) is 23.1 Å². The van der Waals surface area contributed by atoms with Gasteiger partial charge in [-0.2, -0.15) is 0 Å². The molecule has 0 unspecified atom stereocenters. The van der Waals surface area contributed by atoms with E-state index in [1.165, 1.54) is 35.2 Å². The normalized spacial score (nSPS) is 11.8. The minimum atomic E-state index is -0.493. The first kappa shape index (κ1) is 16.7. The third-order valence-corrected chi connectivity index (χ3v) is 5.94. The Kier molecular flexibility index (Phi) is 5.60. The van der Waals surface area contributed by atoms with Crippen molar-refractivity contribution < 1.29 is 9.18 Å². The number of thioether (sulfide) groups is 1. The number of halogens is 3. The Bertz CT molecular complexity index is 710. The molecule has 21 heavy (non-hydrogen) atoms. The van der Waals surface area contributed by atoms with E-state index in [4.69, 9.17) is 11.6 Å². The molecule has 1 aromatic carbocycles. The summed E-state index contributed by atoms with van der Waals surface area (Å²) < 4.78 is 14.8. The molecule has 0 N–H and O–H groups in total. The minimum Gasteiger partial charge on any atom is -0.266 e. The summed E-state index contributed by atoms with van der Waals surface area (Å²) in [4.78, 5) is 16.8. The largest absolute Gasteiger partial charge is 0.288 e. The minimum absolute atomic E-state index is 0.160. The molecule has 1 aromatic heterocycles. The highest BCUT2D eigenvalue weighted by atomic mass is 79.9. The summed E-state index contributed by atoms with van der Waals surface area (Å²) >= 11 is 11.9. The van der Waals surface area contributed by atoms with Gasteiger partial charge in [-0.1, -0.05) is 17.7 Å². The van der Waals surface area contributed by atoms with Crippen LogP contribution in [0.5, 0.6) is 0 Å². The third-order valence-electron chi connectivity index (χ3n) is 2.75. The Labute approximate surface area is 143 Å². The van der Waals surface area contributed by atoms with Gasteiger partial charge in [0, 0.05) is 9.85 Å². The molecule has 0 radical (unpaired) electrons. The van der Waals surface area contributed by atoms with Crippen molar-refractivity contribution in [2.75, 3.05) is 6.26 Å². The van der Waals surface area contributed by atoms with Gasteiger partial charge in [0.2, 0.25) is 0 Å². The zero-order valence-corrected chi connectivity index (χ0v) is 15.1. The van der Waals surface area contributed by atoms with E-state index < -0.39 is 11.7 Å². The fourth-order valence-electron chi connectivity index (χ4n) is 1.66. The molecule has 0 saturated heterocycles. The Balaban J connectivity index is 2.46.